The highest BCUT2D eigenvalue weighted by Crippen LogP contribution is 2.36. The van der Waals surface area contributed by atoms with Gasteiger partial charge in [-0.1, -0.05) is 19.1 Å². The van der Waals surface area contributed by atoms with E-state index in [2.05, 4.69) is 9.72 Å². The van der Waals surface area contributed by atoms with Gasteiger partial charge >= 0.3 is 6.61 Å². The van der Waals surface area contributed by atoms with E-state index in [-0.39, 0.29) is 17.0 Å². The molecule has 0 aliphatic heterocycles. The number of halogens is 3. The van der Waals surface area contributed by atoms with Crippen molar-refractivity contribution >= 4 is 11.6 Å². The molecule has 0 amide bonds. The van der Waals surface area contributed by atoms with Crippen LogP contribution in [0.4, 0.5) is 8.78 Å². The number of aromatic nitrogens is 1. The summed E-state index contributed by atoms with van der Waals surface area (Å²) in [5, 5.41) is -0.252. The van der Waals surface area contributed by atoms with E-state index in [9.17, 15) is 8.78 Å². The number of ether oxygens (including phenoxy) is 1. The number of pyridine rings is 1. The second-order valence-corrected chi connectivity index (χ2v) is 4.89. The summed E-state index contributed by atoms with van der Waals surface area (Å²) in [6.45, 7) is -0.806. The number of rotatable bonds is 5. The van der Waals surface area contributed by atoms with Crippen molar-refractivity contribution in [3.8, 4) is 5.75 Å². The molecule has 2 nitrogen and oxygen atoms in total. The van der Waals surface area contributed by atoms with Crippen molar-refractivity contribution in [3.63, 3.8) is 0 Å². The van der Waals surface area contributed by atoms with E-state index in [4.69, 9.17) is 11.6 Å². The third-order valence-electron chi connectivity index (χ3n) is 3.09. The lowest BCUT2D eigenvalue weighted by Gasteiger charge is -2.19. The van der Waals surface area contributed by atoms with E-state index in [1.165, 1.54) is 12.1 Å². The van der Waals surface area contributed by atoms with E-state index in [1.807, 2.05) is 19.1 Å². The molecule has 0 spiro atoms. The van der Waals surface area contributed by atoms with E-state index >= 15 is 0 Å². The Labute approximate surface area is 121 Å². The maximum atomic E-state index is 12.1. The molecular weight excluding hydrogens is 284 g/mol. The first-order chi connectivity index (χ1) is 9.58. The quantitative estimate of drug-likeness (QED) is 0.742. The van der Waals surface area contributed by atoms with Crippen LogP contribution in [0.1, 0.15) is 29.3 Å². The van der Waals surface area contributed by atoms with E-state index in [1.54, 1.807) is 24.5 Å². The smallest absolute Gasteiger partial charge is 0.387 e. The van der Waals surface area contributed by atoms with Gasteiger partial charge in [0.05, 0.1) is 5.38 Å². The molecule has 106 valence electrons. The fraction of sp³-hybridized carbons (Fsp3) is 0.267. The maximum Gasteiger partial charge on any atom is 0.387 e. The molecule has 20 heavy (non-hydrogen) atoms. The van der Waals surface area contributed by atoms with Crippen LogP contribution in [0.25, 0.3) is 0 Å². The Bertz CT molecular complexity index is 533. The Hall–Kier alpha value is -1.68. The van der Waals surface area contributed by atoms with Crippen LogP contribution in [-0.4, -0.2) is 11.6 Å². The standard InChI is InChI=1S/C15H14ClF2NO/c1-10(11-6-8-19-9-7-11)14(16)12-2-4-13(5-3-12)20-15(17)18/h2-10,14-15H,1H3. The van der Waals surface area contributed by atoms with Gasteiger partial charge in [0.25, 0.3) is 0 Å². The third kappa shape index (κ3) is 3.67. The first-order valence-corrected chi connectivity index (χ1v) is 6.60. The molecule has 5 heteroatoms. The third-order valence-corrected chi connectivity index (χ3v) is 3.72. The molecule has 0 radical (unpaired) electrons. The largest absolute Gasteiger partial charge is 0.435 e. The van der Waals surface area contributed by atoms with E-state index in [0.717, 1.165) is 11.1 Å². The van der Waals surface area contributed by atoms with Crippen LogP contribution in [0.5, 0.6) is 5.75 Å². The lowest BCUT2D eigenvalue weighted by molar-refractivity contribution is -0.0498. The Morgan fingerprint density at radius 2 is 1.60 bits per heavy atom. The van der Waals surface area contributed by atoms with Gasteiger partial charge in [0.15, 0.2) is 0 Å². The normalized spacial score (nSPS) is 14.1. The molecule has 2 rings (SSSR count). The van der Waals surface area contributed by atoms with Gasteiger partial charge in [-0.05, 0) is 35.4 Å². The second-order valence-electron chi connectivity index (χ2n) is 4.42. The fourth-order valence-corrected chi connectivity index (χ4v) is 2.25. The number of nitrogens with zero attached hydrogens (tertiary/aromatic N) is 1. The van der Waals surface area contributed by atoms with Crippen LogP contribution in [0, 0.1) is 0 Å². The molecule has 0 fully saturated rings. The zero-order chi connectivity index (χ0) is 14.5. The first kappa shape index (κ1) is 14.7. The Morgan fingerprint density at radius 3 is 2.15 bits per heavy atom. The number of hydrogen-bond acceptors (Lipinski definition) is 2. The summed E-state index contributed by atoms with van der Waals surface area (Å²) < 4.78 is 28.5. The molecule has 0 aliphatic carbocycles. The van der Waals surface area contributed by atoms with Crippen LogP contribution >= 0.6 is 11.6 Å². The SMILES string of the molecule is CC(c1ccncc1)C(Cl)c1ccc(OC(F)F)cc1. The minimum Gasteiger partial charge on any atom is -0.435 e. The molecule has 1 aromatic heterocycles. The Kier molecular flexibility index (Phi) is 4.90. The summed E-state index contributed by atoms with van der Waals surface area (Å²) in [7, 11) is 0. The molecule has 0 bridgehead atoms. The average molecular weight is 298 g/mol. The molecule has 2 aromatic rings. The molecule has 2 atom stereocenters. The monoisotopic (exact) mass is 297 g/mol. The van der Waals surface area contributed by atoms with Gasteiger partial charge in [-0.2, -0.15) is 8.78 Å². The van der Waals surface area contributed by atoms with Crippen LogP contribution in [0.2, 0.25) is 0 Å². The van der Waals surface area contributed by atoms with Gasteiger partial charge in [-0.25, -0.2) is 0 Å². The second kappa shape index (κ2) is 6.66. The molecule has 0 N–H and O–H groups in total. The van der Waals surface area contributed by atoms with E-state index in [0.29, 0.717) is 0 Å². The Balaban J connectivity index is 2.11. The fourth-order valence-electron chi connectivity index (χ4n) is 1.96. The summed E-state index contributed by atoms with van der Waals surface area (Å²) in [6.07, 6.45) is 3.43. The van der Waals surface area contributed by atoms with Crippen molar-refractivity contribution in [1.82, 2.24) is 4.98 Å². The molecule has 1 heterocycles. The maximum absolute atomic E-state index is 12.1. The topological polar surface area (TPSA) is 22.1 Å². The predicted octanol–water partition coefficient (Wildman–Crippen LogP) is 4.77. The zero-order valence-electron chi connectivity index (χ0n) is 10.8. The van der Waals surface area contributed by atoms with Crippen molar-refractivity contribution in [1.29, 1.82) is 0 Å². The summed E-state index contributed by atoms with van der Waals surface area (Å²) >= 11 is 6.44. The van der Waals surface area contributed by atoms with Crippen molar-refractivity contribution < 1.29 is 13.5 Å². The van der Waals surface area contributed by atoms with Gasteiger partial charge in [0, 0.05) is 18.3 Å². The predicted molar refractivity (Wildman–Crippen MR) is 74.3 cm³/mol. The van der Waals surface area contributed by atoms with Crippen molar-refractivity contribution in [2.75, 3.05) is 0 Å². The average Bonchev–Trinajstić information content (AvgIpc) is 2.47. The highest BCUT2D eigenvalue weighted by molar-refractivity contribution is 6.21. The first-order valence-electron chi connectivity index (χ1n) is 6.16. The molecule has 0 aliphatic rings. The molecule has 0 saturated heterocycles. The van der Waals surface area contributed by atoms with Gasteiger partial charge in [0.2, 0.25) is 0 Å². The summed E-state index contributed by atoms with van der Waals surface area (Å²) in [4.78, 5) is 3.97. The molecular formula is C15H14ClF2NO. The molecule has 1 aromatic carbocycles. The van der Waals surface area contributed by atoms with Crippen molar-refractivity contribution in [3.05, 3.63) is 59.9 Å². The summed E-state index contributed by atoms with van der Waals surface area (Å²) in [6, 6.07) is 10.2. The number of alkyl halides is 3. The lowest BCUT2D eigenvalue weighted by Crippen LogP contribution is -2.04. The molecule has 2 unspecified atom stereocenters. The number of hydrogen-bond donors (Lipinski definition) is 0. The van der Waals surface area contributed by atoms with Crippen LogP contribution in [-0.2, 0) is 0 Å². The summed E-state index contributed by atoms with van der Waals surface area (Å²) in [5.74, 6) is 0.214. The molecule has 0 saturated carbocycles. The Morgan fingerprint density at radius 1 is 1.00 bits per heavy atom. The minimum atomic E-state index is -2.82. The lowest BCUT2D eigenvalue weighted by atomic mass is 9.94. The van der Waals surface area contributed by atoms with Crippen molar-refractivity contribution in [2.45, 2.75) is 24.8 Å². The van der Waals surface area contributed by atoms with Gasteiger partial charge < -0.3 is 4.74 Å². The highest BCUT2D eigenvalue weighted by Gasteiger charge is 2.18. The van der Waals surface area contributed by atoms with Crippen molar-refractivity contribution in [2.24, 2.45) is 0 Å². The van der Waals surface area contributed by atoms with Crippen LogP contribution in [0.3, 0.4) is 0 Å². The number of benzene rings is 1. The highest BCUT2D eigenvalue weighted by atomic mass is 35.5. The van der Waals surface area contributed by atoms with E-state index < -0.39 is 6.61 Å². The van der Waals surface area contributed by atoms with Crippen LogP contribution < -0.4 is 4.74 Å². The van der Waals surface area contributed by atoms with Gasteiger partial charge in [-0.3, -0.25) is 4.98 Å². The minimum absolute atomic E-state index is 0.0848. The zero-order valence-corrected chi connectivity index (χ0v) is 11.6. The summed E-state index contributed by atoms with van der Waals surface area (Å²) in [5.41, 5.74) is 1.94. The van der Waals surface area contributed by atoms with Crippen LogP contribution in [0.15, 0.2) is 48.8 Å². The van der Waals surface area contributed by atoms with Gasteiger partial charge in [-0.15, -0.1) is 11.6 Å². The van der Waals surface area contributed by atoms with Gasteiger partial charge in [0.1, 0.15) is 5.75 Å².